The maximum absolute atomic E-state index is 11.9. The van der Waals surface area contributed by atoms with Gasteiger partial charge in [-0.25, -0.2) is 4.79 Å². The number of rotatable bonds is 7. The summed E-state index contributed by atoms with van der Waals surface area (Å²) < 4.78 is 4.86. The van der Waals surface area contributed by atoms with Crippen molar-refractivity contribution in [2.45, 2.75) is 24.4 Å². The number of phenolic OH excluding ortho intramolecular Hbond substituents is 1. The minimum absolute atomic E-state index is 0.0358. The molecule has 0 aliphatic heterocycles. The zero-order valence-corrected chi connectivity index (χ0v) is 11.0. The number of phenols is 1. The molecule has 0 saturated carbocycles. The van der Waals surface area contributed by atoms with Crippen LogP contribution >= 0.6 is 0 Å². The van der Waals surface area contributed by atoms with Gasteiger partial charge < -0.3 is 35.4 Å². The van der Waals surface area contributed by atoms with Crippen LogP contribution in [0, 0.1) is 0 Å². The number of aromatic hydroxyl groups is 1. The van der Waals surface area contributed by atoms with Gasteiger partial charge in [-0.3, -0.25) is 0 Å². The SMILES string of the molecule is O=C(O[C@@H]([C@H](O)[C@H](O)CO)[C@H](O)CO)c1ccc(O)cc1. The van der Waals surface area contributed by atoms with Crippen molar-refractivity contribution in [1.82, 2.24) is 0 Å². The van der Waals surface area contributed by atoms with E-state index in [2.05, 4.69) is 0 Å². The van der Waals surface area contributed by atoms with E-state index in [1.54, 1.807) is 0 Å². The Morgan fingerprint density at radius 2 is 1.52 bits per heavy atom. The Labute approximate surface area is 120 Å². The van der Waals surface area contributed by atoms with Crippen molar-refractivity contribution in [2.75, 3.05) is 13.2 Å². The van der Waals surface area contributed by atoms with Crippen LogP contribution in [0.1, 0.15) is 10.4 Å². The van der Waals surface area contributed by atoms with E-state index in [0.29, 0.717) is 0 Å². The van der Waals surface area contributed by atoms with Gasteiger partial charge in [0.15, 0.2) is 6.10 Å². The fraction of sp³-hybridized carbons (Fsp3) is 0.462. The number of aliphatic hydroxyl groups is 5. The Morgan fingerprint density at radius 3 is 2.00 bits per heavy atom. The highest BCUT2D eigenvalue weighted by Gasteiger charge is 2.35. The molecule has 6 N–H and O–H groups in total. The van der Waals surface area contributed by atoms with Gasteiger partial charge in [-0.1, -0.05) is 0 Å². The van der Waals surface area contributed by atoms with E-state index in [-0.39, 0.29) is 11.3 Å². The van der Waals surface area contributed by atoms with Gasteiger partial charge in [0.25, 0.3) is 0 Å². The van der Waals surface area contributed by atoms with Crippen LogP contribution in [-0.2, 0) is 4.74 Å². The maximum atomic E-state index is 11.9. The molecule has 0 aliphatic carbocycles. The number of benzene rings is 1. The van der Waals surface area contributed by atoms with Crippen molar-refractivity contribution in [1.29, 1.82) is 0 Å². The van der Waals surface area contributed by atoms with Crippen LogP contribution in [0.2, 0.25) is 0 Å². The highest BCUT2D eigenvalue weighted by atomic mass is 16.6. The number of carbonyl (C=O) groups is 1. The van der Waals surface area contributed by atoms with Crippen molar-refractivity contribution in [2.24, 2.45) is 0 Å². The number of esters is 1. The van der Waals surface area contributed by atoms with Crippen LogP contribution < -0.4 is 0 Å². The molecule has 0 amide bonds. The van der Waals surface area contributed by atoms with Crippen LogP contribution in [0.4, 0.5) is 0 Å². The van der Waals surface area contributed by atoms with Gasteiger partial charge in [0.05, 0.1) is 18.8 Å². The minimum Gasteiger partial charge on any atom is -0.508 e. The molecular formula is C13H18O8. The summed E-state index contributed by atoms with van der Waals surface area (Å²) in [5.74, 6) is -0.995. The van der Waals surface area contributed by atoms with E-state index in [0.717, 1.165) is 0 Å². The molecule has 1 aromatic carbocycles. The lowest BCUT2D eigenvalue weighted by molar-refractivity contribution is -0.128. The van der Waals surface area contributed by atoms with Crippen molar-refractivity contribution in [3.8, 4) is 5.75 Å². The molecule has 1 rings (SSSR count). The molecule has 0 heterocycles. The molecule has 0 aliphatic rings. The second-order valence-corrected chi connectivity index (χ2v) is 4.41. The van der Waals surface area contributed by atoms with E-state index in [4.69, 9.17) is 20.1 Å². The lowest BCUT2D eigenvalue weighted by Crippen LogP contribution is -2.49. The fourth-order valence-electron chi connectivity index (χ4n) is 1.60. The van der Waals surface area contributed by atoms with Crippen LogP contribution in [0.3, 0.4) is 0 Å². The molecule has 0 bridgehead atoms. The van der Waals surface area contributed by atoms with E-state index >= 15 is 0 Å². The monoisotopic (exact) mass is 302 g/mol. The molecule has 0 unspecified atom stereocenters. The average Bonchev–Trinajstić information content (AvgIpc) is 2.50. The van der Waals surface area contributed by atoms with Gasteiger partial charge in [0, 0.05) is 0 Å². The first-order valence-corrected chi connectivity index (χ1v) is 6.16. The molecule has 8 heteroatoms. The first-order valence-electron chi connectivity index (χ1n) is 6.16. The molecular weight excluding hydrogens is 284 g/mol. The first-order chi connectivity index (χ1) is 9.90. The number of hydrogen-bond donors (Lipinski definition) is 6. The smallest absolute Gasteiger partial charge is 0.338 e. The zero-order chi connectivity index (χ0) is 16.0. The summed E-state index contributed by atoms with van der Waals surface area (Å²) >= 11 is 0. The Morgan fingerprint density at radius 1 is 1.00 bits per heavy atom. The van der Waals surface area contributed by atoms with Crippen molar-refractivity contribution in [3.05, 3.63) is 29.8 Å². The molecule has 0 radical (unpaired) electrons. The predicted molar refractivity (Wildman–Crippen MR) is 69.5 cm³/mol. The normalized spacial score (nSPS) is 16.8. The van der Waals surface area contributed by atoms with E-state index in [9.17, 15) is 20.1 Å². The Hall–Kier alpha value is -1.71. The third kappa shape index (κ3) is 4.66. The molecule has 21 heavy (non-hydrogen) atoms. The highest BCUT2D eigenvalue weighted by Crippen LogP contribution is 2.15. The summed E-state index contributed by atoms with van der Waals surface area (Å²) in [6.45, 7) is -1.63. The molecule has 0 saturated heterocycles. The van der Waals surface area contributed by atoms with Gasteiger partial charge in [-0.15, -0.1) is 0 Å². The van der Waals surface area contributed by atoms with E-state index in [1.807, 2.05) is 0 Å². The second kappa shape index (κ2) is 7.91. The summed E-state index contributed by atoms with van der Waals surface area (Å²) in [6, 6.07) is 5.00. The number of hydrogen-bond acceptors (Lipinski definition) is 8. The van der Waals surface area contributed by atoms with Gasteiger partial charge in [-0.05, 0) is 24.3 Å². The number of carbonyl (C=O) groups excluding carboxylic acids is 1. The van der Waals surface area contributed by atoms with E-state index < -0.39 is 43.6 Å². The largest absolute Gasteiger partial charge is 0.508 e. The van der Waals surface area contributed by atoms with Gasteiger partial charge >= 0.3 is 5.97 Å². The average molecular weight is 302 g/mol. The predicted octanol–water partition coefficient (Wildman–Crippen LogP) is -2.02. The molecule has 4 atom stereocenters. The number of ether oxygens (including phenoxy) is 1. The fourth-order valence-corrected chi connectivity index (χ4v) is 1.60. The van der Waals surface area contributed by atoms with Crippen LogP contribution in [0.15, 0.2) is 24.3 Å². The summed E-state index contributed by atoms with van der Waals surface area (Å²) in [6.07, 6.45) is -6.69. The molecule has 8 nitrogen and oxygen atoms in total. The van der Waals surface area contributed by atoms with Gasteiger partial charge in [-0.2, -0.15) is 0 Å². The minimum atomic E-state index is -1.78. The molecule has 118 valence electrons. The van der Waals surface area contributed by atoms with Crippen molar-refractivity contribution < 1.29 is 40.2 Å². The lowest BCUT2D eigenvalue weighted by Gasteiger charge is -2.28. The van der Waals surface area contributed by atoms with Crippen LogP contribution in [0.5, 0.6) is 5.75 Å². The van der Waals surface area contributed by atoms with Gasteiger partial charge in [0.2, 0.25) is 0 Å². The van der Waals surface area contributed by atoms with Crippen LogP contribution in [0.25, 0.3) is 0 Å². The lowest BCUT2D eigenvalue weighted by atomic mass is 10.0. The van der Waals surface area contributed by atoms with Crippen LogP contribution in [-0.4, -0.2) is 74.2 Å². The zero-order valence-electron chi connectivity index (χ0n) is 11.0. The van der Waals surface area contributed by atoms with Gasteiger partial charge in [0.1, 0.15) is 24.1 Å². The second-order valence-electron chi connectivity index (χ2n) is 4.41. The van der Waals surface area contributed by atoms with Crippen molar-refractivity contribution >= 4 is 5.97 Å². The number of aliphatic hydroxyl groups excluding tert-OH is 5. The first kappa shape index (κ1) is 17.3. The third-order valence-corrected chi connectivity index (χ3v) is 2.83. The summed E-state index contributed by atoms with van der Waals surface area (Å²) in [5.41, 5.74) is 0.0358. The highest BCUT2D eigenvalue weighted by molar-refractivity contribution is 5.89. The Kier molecular flexibility index (Phi) is 6.53. The molecule has 1 aromatic rings. The third-order valence-electron chi connectivity index (χ3n) is 2.83. The standard InChI is InChI=1S/C13H18O8/c14-5-9(17)11(19)12(10(18)6-15)21-13(20)7-1-3-8(16)4-2-7/h1-4,9-12,14-19H,5-6H2/t9-,10-,11-,12-/m1/s1. The summed E-state index contributed by atoms with van der Waals surface area (Å²) in [7, 11) is 0. The Bertz CT molecular complexity index is 446. The summed E-state index contributed by atoms with van der Waals surface area (Å²) in [5, 5.41) is 55.4. The molecule has 0 spiro atoms. The molecule has 0 fully saturated rings. The van der Waals surface area contributed by atoms with E-state index in [1.165, 1.54) is 24.3 Å². The quantitative estimate of drug-likeness (QED) is 0.316. The molecule has 0 aromatic heterocycles. The van der Waals surface area contributed by atoms with Crippen molar-refractivity contribution in [3.63, 3.8) is 0 Å². The Balaban J connectivity index is 2.85. The summed E-state index contributed by atoms with van der Waals surface area (Å²) in [4.78, 5) is 11.9. The topological polar surface area (TPSA) is 148 Å². The maximum Gasteiger partial charge on any atom is 0.338 e.